The van der Waals surface area contributed by atoms with Crippen molar-refractivity contribution >= 4 is 22.0 Å². The monoisotopic (exact) mass is 452 g/mol. The summed E-state index contributed by atoms with van der Waals surface area (Å²) in [5.41, 5.74) is 5.82. The van der Waals surface area contributed by atoms with Crippen molar-refractivity contribution in [2.24, 2.45) is 0 Å². The zero-order valence-electron chi connectivity index (χ0n) is 15.8. The van der Waals surface area contributed by atoms with Crippen LogP contribution in [0.1, 0.15) is 41.6 Å². The molecular formula is C22H21BrN4O2. The molecular weight excluding hydrogens is 432 g/mol. The SMILES string of the molecule is O=C(NC1CC(n2cc(CBr)nn2)C1)OCC1c2ccccc2-c2ccccc21. The molecule has 1 N–H and O–H groups in total. The number of nitrogens with one attached hydrogen (secondary N) is 1. The summed E-state index contributed by atoms with van der Waals surface area (Å²) in [4.78, 5) is 12.3. The number of ether oxygens (including phenoxy) is 1. The number of alkyl halides is 1. The summed E-state index contributed by atoms with van der Waals surface area (Å²) >= 11 is 3.38. The zero-order valence-corrected chi connectivity index (χ0v) is 17.4. The molecule has 2 aliphatic rings. The number of hydrogen-bond acceptors (Lipinski definition) is 4. The summed E-state index contributed by atoms with van der Waals surface area (Å²) in [5, 5.41) is 11.9. The smallest absolute Gasteiger partial charge is 0.407 e. The molecule has 1 amide bonds. The largest absolute Gasteiger partial charge is 0.449 e. The Labute approximate surface area is 177 Å². The van der Waals surface area contributed by atoms with Crippen LogP contribution in [-0.4, -0.2) is 33.7 Å². The Balaban J connectivity index is 1.17. The summed E-state index contributed by atoms with van der Waals surface area (Å²) in [6, 6.07) is 17.1. The first-order chi connectivity index (χ1) is 14.2. The highest BCUT2D eigenvalue weighted by atomic mass is 79.9. The quantitative estimate of drug-likeness (QED) is 0.581. The molecule has 1 aromatic heterocycles. The second kappa shape index (κ2) is 7.63. The van der Waals surface area contributed by atoms with Gasteiger partial charge in [-0.3, -0.25) is 0 Å². The van der Waals surface area contributed by atoms with Gasteiger partial charge in [0.05, 0.1) is 11.7 Å². The van der Waals surface area contributed by atoms with Gasteiger partial charge in [0.25, 0.3) is 0 Å². The fourth-order valence-electron chi connectivity index (χ4n) is 4.28. The Morgan fingerprint density at radius 3 is 2.38 bits per heavy atom. The lowest BCUT2D eigenvalue weighted by molar-refractivity contribution is 0.124. The molecule has 148 valence electrons. The molecule has 0 spiro atoms. The van der Waals surface area contributed by atoms with Crippen LogP contribution in [-0.2, 0) is 10.1 Å². The summed E-state index contributed by atoms with van der Waals surface area (Å²) < 4.78 is 7.50. The minimum atomic E-state index is -0.352. The molecule has 0 radical (unpaired) electrons. The fraction of sp³-hybridized carbons (Fsp3) is 0.318. The van der Waals surface area contributed by atoms with Gasteiger partial charge in [0, 0.05) is 23.5 Å². The molecule has 0 unspecified atom stereocenters. The Hall–Kier alpha value is -2.67. The molecule has 3 aromatic rings. The van der Waals surface area contributed by atoms with Crippen molar-refractivity contribution in [3.63, 3.8) is 0 Å². The minimum absolute atomic E-state index is 0.0834. The molecule has 0 aliphatic heterocycles. The molecule has 0 bridgehead atoms. The number of rotatable bonds is 5. The molecule has 1 fully saturated rings. The highest BCUT2D eigenvalue weighted by Crippen LogP contribution is 2.44. The second-order valence-electron chi connectivity index (χ2n) is 7.62. The number of carbonyl (C=O) groups is 1. The lowest BCUT2D eigenvalue weighted by Gasteiger charge is -2.35. The van der Waals surface area contributed by atoms with E-state index in [1.54, 1.807) is 0 Å². The van der Waals surface area contributed by atoms with E-state index in [1.807, 2.05) is 23.0 Å². The first kappa shape index (κ1) is 18.4. The number of fused-ring (bicyclic) bond motifs is 3. The Morgan fingerprint density at radius 2 is 1.76 bits per heavy atom. The van der Waals surface area contributed by atoms with E-state index in [0.717, 1.165) is 18.5 Å². The Kier molecular flexibility index (Phi) is 4.83. The average Bonchev–Trinajstić information content (AvgIpc) is 3.31. The molecule has 0 atom stereocenters. The van der Waals surface area contributed by atoms with Crippen molar-refractivity contribution in [1.29, 1.82) is 0 Å². The Morgan fingerprint density at radius 1 is 1.10 bits per heavy atom. The van der Waals surface area contributed by atoms with Gasteiger partial charge in [0.1, 0.15) is 6.61 Å². The van der Waals surface area contributed by atoms with Gasteiger partial charge in [-0.15, -0.1) is 5.10 Å². The normalized spacial score (nSPS) is 19.9. The van der Waals surface area contributed by atoms with Crippen molar-refractivity contribution in [3.8, 4) is 11.1 Å². The van der Waals surface area contributed by atoms with Gasteiger partial charge in [0.15, 0.2) is 0 Å². The van der Waals surface area contributed by atoms with Crippen LogP contribution >= 0.6 is 15.9 Å². The van der Waals surface area contributed by atoms with Crippen molar-refractivity contribution in [2.75, 3.05) is 6.61 Å². The first-order valence-corrected chi connectivity index (χ1v) is 10.9. The third kappa shape index (κ3) is 3.44. The topological polar surface area (TPSA) is 69.0 Å². The van der Waals surface area contributed by atoms with Crippen LogP contribution in [0.4, 0.5) is 4.79 Å². The lowest BCUT2D eigenvalue weighted by atomic mass is 9.87. The van der Waals surface area contributed by atoms with E-state index in [0.29, 0.717) is 11.9 Å². The second-order valence-corrected chi connectivity index (χ2v) is 8.18. The third-order valence-electron chi connectivity index (χ3n) is 5.85. The van der Waals surface area contributed by atoms with E-state index in [9.17, 15) is 4.79 Å². The number of aromatic nitrogens is 3. The van der Waals surface area contributed by atoms with Crippen molar-refractivity contribution < 1.29 is 9.53 Å². The summed E-state index contributed by atoms with van der Waals surface area (Å²) in [6.07, 6.45) is 3.28. The number of nitrogens with zero attached hydrogens (tertiary/aromatic N) is 3. The highest BCUT2D eigenvalue weighted by molar-refractivity contribution is 9.08. The molecule has 0 saturated heterocycles. The molecule has 5 rings (SSSR count). The van der Waals surface area contributed by atoms with Crippen molar-refractivity contribution in [3.05, 3.63) is 71.5 Å². The number of hydrogen-bond donors (Lipinski definition) is 1. The maximum Gasteiger partial charge on any atom is 0.407 e. The third-order valence-corrected chi connectivity index (χ3v) is 6.42. The van der Waals surface area contributed by atoms with Crippen LogP contribution in [0.5, 0.6) is 0 Å². The van der Waals surface area contributed by atoms with Crippen LogP contribution in [0.3, 0.4) is 0 Å². The van der Waals surface area contributed by atoms with E-state index in [1.165, 1.54) is 22.3 Å². The van der Waals surface area contributed by atoms with Gasteiger partial charge in [-0.2, -0.15) is 0 Å². The summed E-state index contributed by atoms with van der Waals surface area (Å²) in [7, 11) is 0. The highest BCUT2D eigenvalue weighted by Gasteiger charge is 2.34. The number of alkyl carbamates (subject to hydrolysis) is 1. The number of halogens is 1. The molecule has 7 heteroatoms. The van der Waals surface area contributed by atoms with Gasteiger partial charge in [0.2, 0.25) is 0 Å². The number of benzene rings is 2. The predicted octanol–water partition coefficient (Wildman–Crippen LogP) is 4.42. The molecule has 2 aliphatic carbocycles. The van der Waals surface area contributed by atoms with E-state index < -0.39 is 0 Å². The maximum atomic E-state index is 12.3. The lowest BCUT2D eigenvalue weighted by Crippen LogP contribution is -2.45. The van der Waals surface area contributed by atoms with Gasteiger partial charge in [-0.05, 0) is 35.1 Å². The van der Waals surface area contributed by atoms with E-state index in [-0.39, 0.29) is 24.1 Å². The maximum absolute atomic E-state index is 12.3. The minimum Gasteiger partial charge on any atom is -0.449 e. The van der Waals surface area contributed by atoms with E-state index in [4.69, 9.17) is 4.74 Å². The molecule has 1 heterocycles. The molecule has 29 heavy (non-hydrogen) atoms. The van der Waals surface area contributed by atoms with Gasteiger partial charge in [-0.25, -0.2) is 9.48 Å². The standard InChI is InChI=1S/C22H21BrN4O2/c23-11-15-12-27(26-25-15)16-9-14(10-16)24-22(28)29-13-21-19-7-3-1-5-17(19)18-6-2-4-8-20(18)21/h1-8,12,14,16,21H,9-11,13H2,(H,24,28). The van der Waals surface area contributed by atoms with Gasteiger partial charge < -0.3 is 10.1 Å². The summed E-state index contributed by atoms with van der Waals surface area (Å²) in [5.74, 6) is 0.0834. The average molecular weight is 453 g/mol. The van der Waals surface area contributed by atoms with Crippen molar-refractivity contribution in [2.45, 2.75) is 36.2 Å². The Bertz CT molecular complexity index is 999. The zero-order chi connectivity index (χ0) is 19.8. The van der Waals surface area contributed by atoms with Crippen LogP contribution in [0.25, 0.3) is 11.1 Å². The van der Waals surface area contributed by atoms with Crippen molar-refractivity contribution in [1.82, 2.24) is 20.3 Å². The molecule has 2 aromatic carbocycles. The van der Waals surface area contributed by atoms with Gasteiger partial charge >= 0.3 is 6.09 Å². The van der Waals surface area contributed by atoms with Crippen LogP contribution in [0.15, 0.2) is 54.7 Å². The number of amides is 1. The molecule has 6 nitrogen and oxygen atoms in total. The van der Waals surface area contributed by atoms with Crippen LogP contribution in [0.2, 0.25) is 0 Å². The fourth-order valence-corrected chi connectivity index (χ4v) is 4.54. The van der Waals surface area contributed by atoms with E-state index in [2.05, 4.69) is 68.0 Å². The first-order valence-electron chi connectivity index (χ1n) is 9.81. The molecule has 1 saturated carbocycles. The summed E-state index contributed by atoms with van der Waals surface area (Å²) in [6.45, 7) is 0.341. The van der Waals surface area contributed by atoms with Gasteiger partial charge in [-0.1, -0.05) is 69.7 Å². The van der Waals surface area contributed by atoms with Crippen LogP contribution < -0.4 is 5.32 Å². The predicted molar refractivity (Wildman–Crippen MR) is 113 cm³/mol. The van der Waals surface area contributed by atoms with E-state index >= 15 is 0 Å². The number of carbonyl (C=O) groups excluding carboxylic acids is 1. The van der Waals surface area contributed by atoms with Crippen LogP contribution in [0, 0.1) is 0 Å².